The molecule has 0 N–H and O–H groups in total. The third-order valence-electron chi connectivity index (χ3n) is 2.28. The van der Waals surface area contributed by atoms with E-state index in [0.29, 0.717) is 12.8 Å². The predicted octanol–water partition coefficient (Wildman–Crippen LogP) is 1.74. The number of carbonyl (C=O) groups excluding carboxylic acids is 1. The van der Waals surface area contributed by atoms with Gasteiger partial charge in [-0.2, -0.15) is 0 Å². The summed E-state index contributed by atoms with van der Waals surface area (Å²) in [5.41, 5.74) is 0.0932. The zero-order chi connectivity index (χ0) is 15.0. The molecule has 0 aliphatic carbocycles. The van der Waals surface area contributed by atoms with Crippen LogP contribution in [0.2, 0.25) is 0 Å². The smallest absolute Gasteiger partial charge is 0.338 e. The van der Waals surface area contributed by atoms with Crippen molar-refractivity contribution in [1.82, 2.24) is 0 Å². The molecular weight excluding hydrogens is 273 g/mol. The van der Waals surface area contributed by atoms with Crippen LogP contribution in [0, 0.1) is 20.2 Å². The van der Waals surface area contributed by atoms with Gasteiger partial charge in [0.05, 0.1) is 23.7 Å². The maximum atomic E-state index is 11.5. The van der Waals surface area contributed by atoms with Crippen molar-refractivity contribution in [3.63, 3.8) is 0 Å². The molecule has 0 aliphatic rings. The lowest BCUT2D eigenvalue weighted by atomic mass is 10.2. The van der Waals surface area contributed by atoms with Crippen molar-refractivity contribution in [3.05, 3.63) is 50.1 Å². The SMILES string of the molecule is O=C(OCCCCO[15N+](=O)[O-])c1ccc([N+](=O)[O-])cc1. The summed E-state index contributed by atoms with van der Waals surface area (Å²) in [6.07, 6.45) is 0.807. The van der Waals surface area contributed by atoms with Crippen molar-refractivity contribution >= 4 is 11.7 Å². The number of nitro groups is 1. The molecule has 0 aliphatic heterocycles. The van der Waals surface area contributed by atoms with Crippen LogP contribution in [0.4, 0.5) is 5.69 Å². The van der Waals surface area contributed by atoms with Crippen molar-refractivity contribution in [3.8, 4) is 0 Å². The second-order valence-electron chi connectivity index (χ2n) is 3.70. The number of nitrogens with zero attached hydrogens (tertiary/aromatic N) is 2. The molecule has 1 rings (SSSR count). The number of hydrogen-bond acceptors (Lipinski definition) is 7. The van der Waals surface area contributed by atoms with E-state index in [1.807, 2.05) is 0 Å². The Balaban J connectivity index is 2.29. The average Bonchev–Trinajstić information content (AvgIpc) is 2.42. The van der Waals surface area contributed by atoms with Gasteiger partial charge in [-0.05, 0) is 25.0 Å². The molecule has 0 spiro atoms. The maximum absolute atomic E-state index is 11.5. The Bertz CT molecular complexity index is 486. The van der Waals surface area contributed by atoms with Gasteiger partial charge in [0, 0.05) is 12.1 Å². The van der Waals surface area contributed by atoms with Crippen LogP contribution in [-0.4, -0.2) is 29.2 Å². The van der Waals surface area contributed by atoms with Crippen LogP contribution in [-0.2, 0) is 9.57 Å². The number of carbonyl (C=O) groups is 1. The number of unbranched alkanes of at least 4 members (excludes halogenated alkanes) is 1. The van der Waals surface area contributed by atoms with E-state index in [4.69, 9.17) is 4.74 Å². The minimum Gasteiger partial charge on any atom is -0.462 e. The van der Waals surface area contributed by atoms with Gasteiger partial charge in [-0.3, -0.25) is 10.1 Å². The van der Waals surface area contributed by atoms with Gasteiger partial charge in [-0.1, -0.05) is 0 Å². The summed E-state index contributed by atoms with van der Waals surface area (Å²) in [6, 6.07) is 5.02. The molecule has 0 fully saturated rings. The molecule has 0 atom stereocenters. The van der Waals surface area contributed by atoms with Gasteiger partial charge < -0.3 is 9.57 Å². The van der Waals surface area contributed by atoms with Crippen LogP contribution >= 0.6 is 0 Å². The third-order valence-corrected chi connectivity index (χ3v) is 2.28. The van der Waals surface area contributed by atoms with E-state index in [-0.39, 0.29) is 24.5 Å². The summed E-state index contributed by atoms with van der Waals surface area (Å²) in [4.78, 5) is 35.3. The van der Waals surface area contributed by atoms with Gasteiger partial charge in [0.2, 0.25) is 0 Å². The monoisotopic (exact) mass is 285 g/mol. The van der Waals surface area contributed by atoms with Gasteiger partial charge in [-0.25, -0.2) is 4.79 Å². The Morgan fingerprint density at radius 2 is 1.65 bits per heavy atom. The van der Waals surface area contributed by atoms with Crippen molar-refractivity contribution in [2.24, 2.45) is 0 Å². The Labute approximate surface area is 113 Å². The zero-order valence-electron chi connectivity index (χ0n) is 10.4. The Hall–Kier alpha value is -2.71. The van der Waals surface area contributed by atoms with Crippen molar-refractivity contribution in [2.45, 2.75) is 12.8 Å². The first kappa shape index (κ1) is 15.3. The summed E-state index contributed by atoms with van der Waals surface area (Å²) >= 11 is 0. The highest BCUT2D eigenvalue weighted by molar-refractivity contribution is 5.89. The molecule has 0 heterocycles. The molecule has 0 amide bonds. The van der Waals surface area contributed by atoms with Crippen LogP contribution in [0.15, 0.2) is 24.3 Å². The summed E-state index contributed by atoms with van der Waals surface area (Å²) in [5.74, 6) is -0.602. The van der Waals surface area contributed by atoms with Gasteiger partial charge in [-0.15, -0.1) is 10.1 Å². The topological polar surface area (TPSA) is 122 Å². The molecule has 20 heavy (non-hydrogen) atoms. The molecule has 1 aromatic rings. The summed E-state index contributed by atoms with van der Waals surface area (Å²) in [5, 5.41) is 19.4. The van der Waals surface area contributed by atoms with E-state index >= 15 is 0 Å². The zero-order valence-corrected chi connectivity index (χ0v) is 10.4. The van der Waals surface area contributed by atoms with Crippen LogP contribution in [0.1, 0.15) is 23.2 Å². The fourth-order valence-corrected chi connectivity index (χ4v) is 1.31. The van der Waals surface area contributed by atoms with Gasteiger partial charge in [0.25, 0.3) is 10.8 Å². The van der Waals surface area contributed by atoms with E-state index < -0.39 is 16.0 Å². The first-order chi connectivity index (χ1) is 9.50. The molecule has 0 saturated heterocycles. The molecular formula is C11H12N2O7. The third kappa shape index (κ3) is 5.29. The highest BCUT2D eigenvalue weighted by atomic mass is 17.2. The molecule has 0 unspecified atom stereocenters. The molecule has 108 valence electrons. The minimum absolute atomic E-state index is 0.0535. The second kappa shape index (κ2) is 7.67. The Morgan fingerprint density at radius 3 is 2.20 bits per heavy atom. The van der Waals surface area contributed by atoms with E-state index in [1.54, 1.807) is 0 Å². The Kier molecular flexibility index (Phi) is 5.88. The molecule has 0 aromatic heterocycles. The summed E-state index contributed by atoms with van der Waals surface area (Å²) < 4.78 is 4.90. The standard InChI is InChI=1S/C11H12N2O7/c14-11(19-7-1-2-8-20-13(17)18)9-3-5-10(6-4-9)12(15)16/h3-6H,1-2,7-8H2/i13+1. The van der Waals surface area contributed by atoms with Crippen molar-refractivity contribution in [2.75, 3.05) is 13.2 Å². The van der Waals surface area contributed by atoms with Crippen LogP contribution in [0.3, 0.4) is 0 Å². The molecule has 9 nitrogen and oxygen atoms in total. The largest absolute Gasteiger partial charge is 0.462 e. The fourth-order valence-electron chi connectivity index (χ4n) is 1.31. The number of non-ortho nitro benzene ring substituents is 1. The summed E-state index contributed by atoms with van der Waals surface area (Å²) in [6.45, 7) is 0.0407. The number of nitro benzene ring substituents is 1. The number of hydrogen-bond donors (Lipinski definition) is 0. The van der Waals surface area contributed by atoms with E-state index in [2.05, 4.69) is 4.84 Å². The lowest BCUT2D eigenvalue weighted by Crippen LogP contribution is -2.08. The summed E-state index contributed by atoms with van der Waals surface area (Å²) in [7, 11) is 0. The Morgan fingerprint density at radius 1 is 1.05 bits per heavy atom. The van der Waals surface area contributed by atoms with Crippen LogP contribution < -0.4 is 0 Å². The first-order valence-electron chi connectivity index (χ1n) is 5.69. The molecule has 1 aromatic carbocycles. The van der Waals surface area contributed by atoms with Crippen molar-refractivity contribution < 1.29 is 24.4 Å². The number of ether oxygens (including phenoxy) is 1. The van der Waals surface area contributed by atoms with Gasteiger partial charge in [0.1, 0.15) is 0 Å². The lowest BCUT2D eigenvalue weighted by Gasteiger charge is -2.04. The number of rotatable bonds is 8. The van der Waals surface area contributed by atoms with Crippen molar-refractivity contribution in [1.29, 1.82) is 0 Å². The van der Waals surface area contributed by atoms with Crippen LogP contribution in [0.25, 0.3) is 0 Å². The lowest BCUT2D eigenvalue weighted by molar-refractivity contribution is -0.757. The first-order valence-corrected chi connectivity index (χ1v) is 5.69. The van der Waals surface area contributed by atoms with E-state index in [0.717, 1.165) is 0 Å². The number of esters is 1. The van der Waals surface area contributed by atoms with E-state index in [1.165, 1.54) is 24.3 Å². The number of benzene rings is 1. The molecule has 0 saturated carbocycles. The maximum Gasteiger partial charge on any atom is 0.338 e. The average molecular weight is 285 g/mol. The van der Waals surface area contributed by atoms with E-state index in [9.17, 15) is 25.0 Å². The predicted molar refractivity (Wildman–Crippen MR) is 65.6 cm³/mol. The molecule has 9 heteroatoms. The second-order valence-corrected chi connectivity index (χ2v) is 3.70. The highest BCUT2D eigenvalue weighted by Crippen LogP contribution is 2.12. The fraction of sp³-hybridized carbons (Fsp3) is 0.364. The van der Waals surface area contributed by atoms with Crippen LogP contribution in [0.5, 0.6) is 0 Å². The molecule has 0 bridgehead atoms. The minimum atomic E-state index is -0.886. The molecule has 0 radical (unpaired) electrons. The normalized spacial score (nSPS) is 9.80. The highest BCUT2D eigenvalue weighted by Gasteiger charge is 2.10. The van der Waals surface area contributed by atoms with Gasteiger partial charge >= 0.3 is 5.97 Å². The quantitative estimate of drug-likeness (QED) is 0.234. The van der Waals surface area contributed by atoms with Gasteiger partial charge in [0.15, 0.2) is 0 Å².